The summed E-state index contributed by atoms with van der Waals surface area (Å²) in [6.07, 6.45) is 5.96. The second-order valence-corrected chi connectivity index (χ2v) is 7.58. The Balaban J connectivity index is 2.29. The van der Waals surface area contributed by atoms with E-state index in [-0.39, 0.29) is 21.5 Å². The summed E-state index contributed by atoms with van der Waals surface area (Å²) in [5, 5.41) is 9.14. The molecule has 0 amide bonds. The number of nitrogen functional groups attached to an aromatic ring is 1. The minimum Gasteiger partial charge on any atom is -0.504 e. The number of anilines is 1. The molecule has 0 saturated heterocycles. The molecule has 0 unspecified atom stereocenters. The van der Waals surface area contributed by atoms with Gasteiger partial charge in [0.05, 0.1) is 5.56 Å². The minimum absolute atomic E-state index is 0.0489. The van der Waals surface area contributed by atoms with Gasteiger partial charge in [0.2, 0.25) is 25.7 Å². The van der Waals surface area contributed by atoms with Crippen LogP contribution in [0.25, 0.3) is 11.0 Å². The first-order valence-electron chi connectivity index (χ1n) is 6.41. The second-order valence-electron chi connectivity index (χ2n) is 4.94. The van der Waals surface area contributed by atoms with E-state index in [1.54, 1.807) is 0 Å². The van der Waals surface area contributed by atoms with Crippen molar-refractivity contribution in [2.24, 2.45) is 0 Å². The highest BCUT2D eigenvalue weighted by Gasteiger charge is 2.21. The number of aliphatic hydroxyl groups is 1. The Hall–Kier alpha value is -2.79. The predicted octanol–water partition coefficient (Wildman–Crippen LogP) is 0.101. The normalized spacial score (nSPS) is 16.8. The molecule has 11 heteroatoms. The van der Waals surface area contributed by atoms with Gasteiger partial charge in [-0.1, -0.05) is 6.08 Å². The van der Waals surface area contributed by atoms with Crippen molar-refractivity contribution in [3.05, 3.63) is 45.5 Å². The first-order valence-corrected chi connectivity index (χ1v) is 9.07. The molecule has 2 aromatic heterocycles. The lowest BCUT2D eigenvalue weighted by molar-refractivity contribution is -0.113. The number of nitrogens with zero attached hydrogens (tertiary/aromatic N) is 3. The van der Waals surface area contributed by atoms with Crippen molar-refractivity contribution < 1.29 is 18.3 Å². The summed E-state index contributed by atoms with van der Waals surface area (Å²) in [5.41, 5.74) is 5.53. The van der Waals surface area contributed by atoms with Gasteiger partial charge in [-0.25, -0.2) is 12.8 Å². The number of hydrogen-bond donors (Lipinski definition) is 2. The largest absolute Gasteiger partial charge is 0.504 e. The molecule has 0 aromatic carbocycles. The smallest absolute Gasteiger partial charge is 0.283 e. The van der Waals surface area contributed by atoms with Gasteiger partial charge in [-0.3, -0.25) is 9.59 Å². The van der Waals surface area contributed by atoms with Crippen molar-refractivity contribution in [2.45, 2.75) is 5.16 Å². The Kier molecular flexibility index (Phi) is 3.61. The van der Waals surface area contributed by atoms with Gasteiger partial charge in [0.25, 0.3) is 5.56 Å². The average Bonchev–Trinajstić information content (AvgIpc) is 2.91. The molecule has 0 spiro atoms. The number of aliphatic hydroxyl groups excluding tert-OH is 1. The number of hydrogen-bond acceptors (Lipinski definition) is 9. The average molecular weight is 366 g/mol. The van der Waals surface area contributed by atoms with Crippen LogP contribution < -0.4 is 11.3 Å². The third-order valence-corrected chi connectivity index (χ3v) is 4.91. The molecule has 3 rings (SSSR count). The molecule has 2 aromatic rings. The van der Waals surface area contributed by atoms with Crippen molar-refractivity contribution in [1.29, 1.82) is 0 Å². The number of rotatable bonds is 2. The monoisotopic (exact) mass is 366 g/mol. The summed E-state index contributed by atoms with van der Waals surface area (Å²) in [6, 6.07) is 0. The number of sulfone groups is 1. The van der Waals surface area contributed by atoms with Crippen LogP contribution in [0.1, 0.15) is 5.56 Å². The maximum atomic E-state index is 12.1. The Morgan fingerprint density at radius 1 is 1.33 bits per heavy atom. The Morgan fingerprint density at radius 3 is 2.67 bits per heavy atom. The number of ketones is 1. The number of carbonyl (C=O) groups is 1. The SMILES string of the molecule is CS(=O)(=O)c1nsc2nc(=O)c(/C=C3\C=CC(=O)C(O)=C3)c(N)n12. The summed E-state index contributed by atoms with van der Waals surface area (Å²) in [7, 11) is -3.68. The van der Waals surface area contributed by atoms with Gasteiger partial charge in [0.15, 0.2) is 5.76 Å². The zero-order valence-electron chi connectivity index (χ0n) is 12.1. The van der Waals surface area contributed by atoms with E-state index >= 15 is 0 Å². The van der Waals surface area contributed by atoms with Gasteiger partial charge >= 0.3 is 0 Å². The standard InChI is InChI=1S/C13H10N4O5S2/c1-24(21,22)13-16-23-12-15-11(20)7(10(14)17(12)13)4-6-2-3-8(18)9(19)5-6/h2-5,19H,14H2,1H3/b6-4+. The first kappa shape index (κ1) is 16.1. The summed E-state index contributed by atoms with van der Waals surface area (Å²) in [6.45, 7) is 0. The summed E-state index contributed by atoms with van der Waals surface area (Å²) in [5.74, 6) is -1.19. The highest BCUT2D eigenvalue weighted by Crippen LogP contribution is 2.22. The number of aromatic nitrogens is 3. The van der Waals surface area contributed by atoms with E-state index in [2.05, 4.69) is 9.36 Å². The molecule has 0 saturated carbocycles. The third-order valence-electron chi connectivity index (χ3n) is 3.16. The van der Waals surface area contributed by atoms with E-state index in [1.807, 2.05) is 0 Å². The van der Waals surface area contributed by atoms with Crippen LogP contribution in [-0.4, -0.2) is 39.3 Å². The second kappa shape index (κ2) is 5.39. The molecule has 24 heavy (non-hydrogen) atoms. The molecule has 2 heterocycles. The zero-order valence-corrected chi connectivity index (χ0v) is 13.8. The Bertz CT molecular complexity index is 1140. The molecule has 0 radical (unpaired) electrons. The summed E-state index contributed by atoms with van der Waals surface area (Å²) >= 11 is 0.736. The van der Waals surface area contributed by atoms with Crippen molar-refractivity contribution in [3.63, 3.8) is 0 Å². The molecule has 0 fully saturated rings. The van der Waals surface area contributed by atoms with Crippen LogP contribution >= 0.6 is 11.5 Å². The lowest BCUT2D eigenvalue weighted by Gasteiger charge is -2.07. The van der Waals surface area contributed by atoms with Gasteiger partial charge in [-0.2, -0.15) is 9.36 Å². The fourth-order valence-electron chi connectivity index (χ4n) is 2.06. The first-order chi connectivity index (χ1) is 11.2. The van der Waals surface area contributed by atoms with Crippen LogP contribution in [-0.2, 0) is 14.6 Å². The van der Waals surface area contributed by atoms with Gasteiger partial charge in [0.1, 0.15) is 5.82 Å². The number of allylic oxidation sites excluding steroid dienone is 4. The number of carbonyl (C=O) groups excluding carboxylic acids is 1. The third kappa shape index (κ3) is 2.63. The topological polar surface area (TPSA) is 145 Å². The van der Waals surface area contributed by atoms with Crippen molar-refractivity contribution in [3.8, 4) is 0 Å². The molecular weight excluding hydrogens is 356 g/mol. The quantitative estimate of drug-likeness (QED) is 0.761. The highest BCUT2D eigenvalue weighted by molar-refractivity contribution is 7.90. The van der Waals surface area contributed by atoms with E-state index in [0.717, 1.165) is 28.3 Å². The molecular formula is C13H10N4O5S2. The molecule has 9 nitrogen and oxygen atoms in total. The molecule has 0 bridgehead atoms. The van der Waals surface area contributed by atoms with Gasteiger partial charge in [0, 0.05) is 17.8 Å². The maximum Gasteiger partial charge on any atom is 0.283 e. The van der Waals surface area contributed by atoms with E-state index in [4.69, 9.17) is 5.73 Å². The van der Waals surface area contributed by atoms with E-state index < -0.39 is 26.9 Å². The maximum absolute atomic E-state index is 12.1. The molecule has 3 N–H and O–H groups in total. The lowest BCUT2D eigenvalue weighted by Crippen LogP contribution is -2.18. The predicted molar refractivity (Wildman–Crippen MR) is 87.5 cm³/mol. The lowest BCUT2D eigenvalue weighted by atomic mass is 10.1. The highest BCUT2D eigenvalue weighted by atomic mass is 32.2. The van der Waals surface area contributed by atoms with E-state index in [1.165, 1.54) is 18.2 Å². The van der Waals surface area contributed by atoms with Gasteiger partial charge in [-0.05, 0) is 23.8 Å². The van der Waals surface area contributed by atoms with E-state index in [0.29, 0.717) is 5.57 Å². The number of fused-ring (bicyclic) bond motifs is 1. The van der Waals surface area contributed by atoms with Crippen LogP contribution in [0.4, 0.5) is 5.82 Å². The van der Waals surface area contributed by atoms with Gasteiger partial charge < -0.3 is 10.8 Å². The fraction of sp³-hybridized carbons (Fsp3) is 0.0769. The minimum atomic E-state index is -3.68. The van der Waals surface area contributed by atoms with Crippen molar-refractivity contribution >= 4 is 44.0 Å². The zero-order chi connectivity index (χ0) is 17.6. The summed E-state index contributed by atoms with van der Waals surface area (Å²) in [4.78, 5) is 27.2. The van der Waals surface area contributed by atoms with Crippen LogP contribution in [0.5, 0.6) is 0 Å². The molecule has 0 atom stereocenters. The fourth-order valence-corrected chi connectivity index (χ4v) is 3.92. The van der Waals surface area contributed by atoms with Crippen molar-refractivity contribution in [1.82, 2.24) is 13.8 Å². The molecule has 1 aliphatic rings. The molecule has 124 valence electrons. The van der Waals surface area contributed by atoms with Crippen molar-refractivity contribution in [2.75, 3.05) is 12.0 Å². The van der Waals surface area contributed by atoms with Crippen LogP contribution in [0.2, 0.25) is 0 Å². The van der Waals surface area contributed by atoms with Crippen LogP contribution in [0, 0.1) is 0 Å². The van der Waals surface area contributed by atoms with Crippen LogP contribution in [0.15, 0.2) is 39.5 Å². The Labute approximate surface area is 139 Å². The van der Waals surface area contributed by atoms with Gasteiger partial charge in [-0.15, -0.1) is 0 Å². The Morgan fingerprint density at radius 2 is 2.04 bits per heavy atom. The molecule has 1 aliphatic carbocycles. The van der Waals surface area contributed by atoms with Crippen LogP contribution in [0.3, 0.4) is 0 Å². The van der Waals surface area contributed by atoms with E-state index in [9.17, 15) is 23.1 Å². The number of nitrogens with two attached hydrogens (primary N) is 1. The molecule has 0 aliphatic heterocycles. The summed E-state index contributed by atoms with van der Waals surface area (Å²) < 4.78 is 28.4.